The number of ether oxygens (including phenoxy) is 3. The van der Waals surface area contributed by atoms with Gasteiger partial charge in [0.05, 0.1) is 39.0 Å². The van der Waals surface area contributed by atoms with Crippen LogP contribution in [0.3, 0.4) is 0 Å². The van der Waals surface area contributed by atoms with Gasteiger partial charge in [0.2, 0.25) is 11.8 Å². The highest BCUT2D eigenvalue weighted by Crippen LogP contribution is 2.49. The van der Waals surface area contributed by atoms with E-state index in [1.165, 1.54) is 31.4 Å². The van der Waals surface area contributed by atoms with Crippen LogP contribution < -0.4 is 14.4 Å². The van der Waals surface area contributed by atoms with E-state index in [0.29, 0.717) is 24.5 Å². The normalized spacial score (nSPS) is 25.7. The summed E-state index contributed by atoms with van der Waals surface area (Å²) >= 11 is 0. The third-order valence-corrected chi connectivity index (χ3v) is 12.2. The highest BCUT2D eigenvalue weighted by Gasteiger charge is 2.49. The van der Waals surface area contributed by atoms with Crippen molar-refractivity contribution in [3.05, 3.63) is 41.5 Å². The lowest BCUT2D eigenvalue weighted by molar-refractivity contribution is -0.127. The molecule has 12 nitrogen and oxygen atoms in total. The van der Waals surface area contributed by atoms with Gasteiger partial charge in [-0.15, -0.1) is 6.42 Å². The fourth-order valence-corrected chi connectivity index (χ4v) is 9.70. The van der Waals surface area contributed by atoms with Crippen molar-refractivity contribution in [3.63, 3.8) is 0 Å². The number of aliphatic hydroxyl groups is 1. The van der Waals surface area contributed by atoms with Gasteiger partial charge in [0.25, 0.3) is 0 Å². The molecule has 14 heteroatoms. The molecule has 3 aliphatic heterocycles. The molecule has 3 saturated heterocycles. The van der Waals surface area contributed by atoms with Crippen LogP contribution in [0.1, 0.15) is 57.9 Å². The van der Waals surface area contributed by atoms with Gasteiger partial charge in [0.15, 0.2) is 5.82 Å². The summed E-state index contributed by atoms with van der Waals surface area (Å²) in [5.41, 5.74) is -1.88. The predicted molar refractivity (Wildman–Crippen MR) is 207 cm³/mol. The minimum absolute atomic E-state index is 0.0227. The first-order valence-corrected chi connectivity index (χ1v) is 19.4. The Balaban J connectivity index is 1.22. The number of fused-ring (bicyclic) bond motifs is 3. The van der Waals surface area contributed by atoms with Gasteiger partial charge in [-0.1, -0.05) is 18.4 Å². The number of methoxy groups -OCH3 is 1. The van der Waals surface area contributed by atoms with Crippen LogP contribution in [0, 0.1) is 35.3 Å². The summed E-state index contributed by atoms with van der Waals surface area (Å²) in [7, 11) is 1.39. The van der Waals surface area contributed by atoms with Crippen LogP contribution in [0.5, 0.6) is 17.6 Å². The van der Waals surface area contributed by atoms with Gasteiger partial charge in [-0.3, -0.25) is 9.69 Å². The Kier molecular flexibility index (Phi) is 10.1. The van der Waals surface area contributed by atoms with E-state index in [2.05, 4.69) is 15.8 Å². The molecular weight excluding hydrogens is 722 g/mol. The Morgan fingerprint density at radius 1 is 1.11 bits per heavy atom. The highest BCUT2D eigenvalue weighted by atomic mass is 19.1. The van der Waals surface area contributed by atoms with Gasteiger partial charge < -0.3 is 34.2 Å². The molecule has 5 heterocycles. The largest absolute Gasteiger partial charge is 0.508 e. The van der Waals surface area contributed by atoms with Crippen LogP contribution in [0.2, 0.25) is 0 Å². The summed E-state index contributed by atoms with van der Waals surface area (Å²) in [6.45, 7) is 7.92. The quantitative estimate of drug-likeness (QED) is 0.227. The topological polar surface area (TPSA) is 134 Å². The van der Waals surface area contributed by atoms with E-state index in [1.54, 1.807) is 18.7 Å². The Morgan fingerprint density at radius 2 is 1.93 bits per heavy atom. The summed E-state index contributed by atoms with van der Waals surface area (Å²) in [4.78, 5) is 32.5. The molecule has 4 aromatic rings. The second-order valence-electron chi connectivity index (χ2n) is 16.2. The molecule has 8 rings (SSSR count). The van der Waals surface area contributed by atoms with Gasteiger partial charge in [-0.05, 0) is 75.1 Å². The number of phenols is 1. The lowest BCUT2D eigenvalue weighted by atomic mass is 9.75. The van der Waals surface area contributed by atoms with Crippen molar-refractivity contribution in [2.24, 2.45) is 11.3 Å². The molecule has 4 atom stereocenters. The van der Waals surface area contributed by atoms with Crippen LogP contribution >= 0.6 is 0 Å². The number of carbonyl (C=O) groups is 1. The average Bonchev–Trinajstić information content (AvgIpc) is 3.79. The molecule has 1 amide bonds. The number of rotatable bonds is 8. The lowest BCUT2D eigenvalue weighted by Gasteiger charge is -2.47. The van der Waals surface area contributed by atoms with E-state index in [1.807, 2.05) is 4.90 Å². The van der Waals surface area contributed by atoms with E-state index in [4.69, 9.17) is 30.6 Å². The molecule has 0 radical (unpaired) electrons. The average molecular weight is 771 g/mol. The fraction of sp³-hybridized carbons (Fsp3) is 0.524. The minimum atomic E-state index is -1.26. The Hall–Kier alpha value is -4.84. The zero-order valence-corrected chi connectivity index (χ0v) is 32.1. The molecular formula is C42H48F2N6O6. The number of nitrogens with zero attached hydrogens (tertiary/aromatic N) is 6. The van der Waals surface area contributed by atoms with Gasteiger partial charge >= 0.3 is 6.01 Å². The maximum atomic E-state index is 17.3. The Morgan fingerprint density at radius 3 is 2.70 bits per heavy atom. The second-order valence-corrected chi connectivity index (χ2v) is 16.2. The van der Waals surface area contributed by atoms with Gasteiger partial charge in [-0.25, -0.2) is 13.8 Å². The van der Waals surface area contributed by atoms with E-state index < -0.39 is 17.2 Å². The molecule has 2 aromatic heterocycles. The number of pyridine rings is 1. The number of benzene rings is 2. The molecule has 2 aromatic carbocycles. The summed E-state index contributed by atoms with van der Waals surface area (Å²) in [6, 6.07) is 5.62. The number of terminal acetylenes is 1. The van der Waals surface area contributed by atoms with Crippen molar-refractivity contribution < 1.29 is 38.0 Å². The van der Waals surface area contributed by atoms with Crippen LogP contribution in [0.15, 0.2) is 24.3 Å². The van der Waals surface area contributed by atoms with E-state index in [0.717, 1.165) is 64.7 Å². The van der Waals surface area contributed by atoms with Gasteiger partial charge in [0.1, 0.15) is 39.6 Å². The number of anilines is 1. The minimum Gasteiger partial charge on any atom is -0.508 e. The molecule has 4 aliphatic rings. The zero-order chi connectivity index (χ0) is 39.4. The number of amides is 1. The van der Waals surface area contributed by atoms with E-state index >= 15 is 8.78 Å². The van der Waals surface area contributed by atoms with Crippen molar-refractivity contribution >= 4 is 33.4 Å². The first-order valence-electron chi connectivity index (χ1n) is 19.4. The summed E-state index contributed by atoms with van der Waals surface area (Å²) in [6.07, 6.45) is 11.8. The number of halogens is 2. The summed E-state index contributed by atoms with van der Waals surface area (Å²) in [5, 5.41) is 22.7. The molecule has 56 heavy (non-hydrogen) atoms. The summed E-state index contributed by atoms with van der Waals surface area (Å²) in [5.74, 6) is 1.41. The standard InChI is InChI=1S/C42H48F2N6O6/c1-5-29-31(43)10-9-27-18-28(52)19-30(33(27)29)36-35(44)37-34(39(45-36)54-4)38(50-16-17-55-23-41(3,53)22-50)47-40(46-37)56-24-42-12-6-8-32(42)49(14-7-13-42)21-26-11-15-48(20-26)25(2)51/h1,9-10,18-19,26,32,52-53H,6-8,11-17,20-24H2,2-4H3/t26-,32+,41-,42+/m0/s1. The third-order valence-electron chi connectivity index (χ3n) is 12.2. The number of carbonyl (C=O) groups excluding carboxylic acids is 1. The van der Waals surface area contributed by atoms with Gasteiger partial charge in [-0.2, -0.15) is 9.97 Å². The third kappa shape index (κ3) is 6.94. The summed E-state index contributed by atoms with van der Waals surface area (Å²) < 4.78 is 50.5. The molecule has 0 spiro atoms. The van der Waals surface area contributed by atoms with Gasteiger partial charge in [0, 0.05) is 55.5 Å². The van der Waals surface area contributed by atoms with Crippen LogP contribution in [-0.2, 0) is 9.53 Å². The van der Waals surface area contributed by atoms with Crippen molar-refractivity contribution in [2.45, 2.75) is 64.0 Å². The van der Waals surface area contributed by atoms with Crippen molar-refractivity contribution in [2.75, 3.05) is 71.1 Å². The maximum absolute atomic E-state index is 17.3. The lowest BCUT2D eigenvalue weighted by Crippen LogP contribution is -2.53. The number of likely N-dealkylation sites (tertiary alicyclic amines) is 2. The number of aromatic nitrogens is 3. The SMILES string of the molecule is C#Cc1c(F)ccc2cc(O)cc(-c3nc(OC)c4c(N5CCOC[C@@](C)(O)C5)nc(OC[C@]56CCC[C@H]5N(C[C@H]5CCN(C(C)=O)C5)CCC6)nc4c3F)c12. The molecule has 1 aliphatic carbocycles. The molecule has 2 N–H and O–H groups in total. The van der Waals surface area contributed by atoms with E-state index in [9.17, 15) is 15.0 Å². The number of hydrogen-bond donors (Lipinski definition) is 2. The highest BCUT2D eigenvalue weighted by molar-refractivity contribution is 6.04. The number of phenolic OH excluding ortho intramolecular Hbond substituents is 1. The number of β-amino-alcohol motifs (C(OH)–C–C–N with tert-alkyl or cyclic N) is 1. The van der Waals surface area contributed by atoms with Crippen LogP contribution in [-0.4, -0.2) is 119 Å². The van der Waals surface area contributed by atoms with Crippen molar-refractivity contribution in [3.8, 4) is 41.2 Å². The first kappa shape index (κ1) is 38.1. The van der Waals surface area contributed by atoms with E-state index in [-0.39, 0.29) is 93.7 Å². The number of piperidine rings is 1. The number of aromatic hydroxyl groups is 1. The first-order chi connectivity index (χ1) is 26.9. The number of hydrogen-bond acceptors (Lipinski definition) is 11. The molecule has 296 valence electrons. The van der Waals surface area contributed by atoms with Crippen LogP contribution in [0.4, 0.5) is 14.6 Å². The van der Waals surface area contributed by atoms with Crippen molar-refractivity contribution in [1.29, 1.82) is 0 Å². The predicted octanol–water partition coefficient (Wildman–Crippen LogP) is 5.29. The second kappa shape index (κ2) is 14.9. The molecule has 1 saturated carbocycles. The molecule has 0 unspecified atom stereocenters. The monoisotopic (exact) mass is 770 g/mol. The molecule has 0 bridgehead atoms. The smallest absolute Gasteiger partial charge is 0.319 e. The Bertz CT molecular complexity index is 2230. The van der Waals surface area contributed by atoms with Crippen molar-refractivity contribution in [1.82, 2.24) is 24.8 Å². The van der Waals surface area contributed by atoms with Crippen LogP contribution in [0.25, 0.3) is 32.9 Å². The zero-order valence-electron chi connectivity index (χ0n) is 32.1. The Labute approximate surface area is 324 Å². The molecule has 4 fully saturated rings. The maximum Gasteiger partial charge on any atom is 0.319 e. The fourth-order valence-electron chi connectivity index (χ4n) is 9.70.